The summed E-state index contributed by atoms with van der Waals surface area (Å²) in [5.41, 5.74) is 1.99. The molecule has 0 bridgehead atoms. The van der Waals surface area contributed by atoms with Gasteiger partial charge in [-0.2, -0.15) is 4.99 Å². The summed E-state index contributed by atoms with van der Waals surface area (Å²) in [4.78, 5) is 18.2. The zero-order valence-electron chi connectivity index (χ0n) is 13.2. The van der Waals surface area contributed by atoms with E-state index in [1.54, 1.807) is 0 Å². The second kappa shape index (κ2) is 6.28. The smallest absolute Gasteiger partial charge is 0.248 e. The third kappa shape index (κ3) is 3.30. The number of para-hydroxylation sites is 1. The highest BCUT2D eigenvalue weighted by atomic mass is 32.2. The fraction of sp³-hybridized carbons (Fsp3) is 0.500. The van der Waals surface area contributed by atoms with Crippen LogP contribution in [0.4, 0.5) is 5.69 Å². The van der Waals surface area contributed by atoms with Crippen LogP contribution in [-0.2, 0) is 14.6 Å². The maximum Gasteiger partial charge on any atom is 0.248 e. The number of aliphatic imine (C=N–C) groups is 1. The molecule has 0 saturated carbocycles. The summed E-state index contributed by atoms with van der Waals surface area (Å²) in [5.74, 6) is 0.141. The maximum atomic E-state index is 12.0. The van der Waals surface area contributed by atoms with Crippen LogP contribution in [0.3, 0.4) is 0 Å². The van der Waals surface area contributed by atoms with Crippen LogP contribution < -0.4 is 4.90 Å². The van der Waals surface area contributed by atoms with Gasteiger partial charge in [0.05, 0.1) is 17.5 Å². The highest BCUT2D eigenvalue weighted by Gasteiger charge is 2.49. The molecule has 2 aliphatic heterocycles. The van der Waals surface area contributed by atoms with Crippen LogP contribution in [0.2, 0.25) is 0 Å². The Hall–Kier alpha value is -1.34. The maximum absolute atomic E-state index is 12.0. The van der Waals surface area contributed by atoms with Crippen molar-refractivity contribution in [2.24, 2.45) is 4.99 Å². The van der Waals surface area contributed by atoms with E-state index in [1.165, 1.54) is 11.8 Å². The molecule has 124 valence electrons. The number of sulfone groups is 1. The lowest BCUT2D eigenvalue weighted by atomic mass is 10.1. The number of benzene rings is 1. The molecule has 2 atom stereocenters. The third-order valence-corrected chi connectivity index (χ3v) is 7.34. The molecule has 1 aromatic carbocycles. The molecule has 23 heavy (non-hydrogen) atoms. The first kappa shape index (κ1) is 16.5. The normalized spacial score (nSPS) is 27.4. The number of hydrogen-bond acceptors (Lipinski definition) is 4. The second-order valence-corrected chi connectivity index (χ2v) is 9.36. The average molecular weight is 352 g/mol. The van der Waals surface area contributed by atoms with Gasteiger partial charge in [-0.05, 0) is 25.0 Å². The largest absolute Gasteiger partial charge is 0.315 e. The number of carbonyl (C=O) groups is 1. The molecule has 0 aliphatic carbocycles. The van der Waals surface area contributed by atoms with Gasteiger partial charge in [0.25, 0.3) is 0 Å². The van der Waals surface area contributed by atoms with Crippen LogP contribution in [-0.4, -0.2) is 42.3 Å². The molecule has 0 spiro atoms. The lowest BCUT2D eigenvalue weighted by Crippen LogP contribution is -2.38. The van der Waals surface area contributed by atoms with Gasteiger partial charge in [-0.25, -0.2) is 8.42 Å². The van der Waals surface area contributed by atoms with E-state index in [2.05, 4.69) is 4.99 Å². The summed E-state index contributed by atoms with van der Waals surface area (Å²) in [5, 5.41) is 0.593. The number of amides is 1. The number of amidine groups is 1. The Balaban J connectivity index is 2.01. The Morgan fingerprint density at radius 3 is 2.78 bits per heavy atom. The molecule has 2 aliphatic rings. The van der Waals surface area contributed by atoms with E-state index in [0.29, 0.717) is 11.6 Å². The van der Waals surface area contributed by atoms with Crippen LogP contribution in [0.25, 0.3) is 0 Å². The number of nitrogens with zero attached hydrogens (tertiary/aromatic N) is 2. The van der Waals surface area contributed by atoms with Crippen molar-refractivity contribution in [1.82, 2.24) is 0 Å². The van der Waals surface area contributed by atoms with Crippen LogP contribution >= 0.6 is 11.8 Å². The predicted molar refractivity (Wildman–Crippen MR) is 94.8 cm³/mol. The molecular weight excluding hydrogens is 332 g/mol. The number of carbonyl (C=O) groups excluding carboxylic acids is 1. The van der Waals surface area contributed by atoms with E-state index in [9.17, 15) is 13.2 Å². The van der Waals surface area contributed by atoms with Crippen molar-refractivity contribution < 1.29 is 13.2 Å². The SMILES string of the molecule is CCCC(=O)N=C1SC2CS(=O)(=O)CC2N1c1ccccc1C. The van der Waals surface area contributed by atoms with E-state index in [1.807, 2.05) is 43.0 Å². The van der Waals surface area contributed by atoms with Crippen LogP contribution in [0.15, 0.2) is 29.3 Å². The third-order valence-electron chi connectivity index (χ3n) is 4.13. The summed E-state index contributed by atoms with van der Waals surface area (Å²) in [6.45, 7) is 3.93. The Morgan fingerprint density at radius 2 is 2.09 bits per heavy atom. The van der Waals surface area contributed by atoms with Crippen molar-refractivity contribution in [1.29, 1.82) is 0 Å². The van der Waals surface area contributed by atoms with Crippen molar-refractivity contribution in [3.63, 3.8) is 0 Å². The number of aryl methyl sites for hydroxylation is 1. The number of fused-ring (bicyclic) bond motifs is 1. The lowest BCUT2D eigenvalue weighted by molar-refractivity contribution is -0.117. The van der Waals surface area contributed by atoms with Crippen molar-refractivity contribution in [3.8, 4) is 0 Å². The van der Waals surface area contributed by atoms with Gasteiger partial charge in [-0.3, -0.25) is 4.79 Å². The second-order valence-electron chi connectivity index (χ2n) is 6.00. The molecule has 1 amide bonds. The topological polar surface area (TPSA) is 66.8 Å². The molecule has 2 fully saturated rings. The summed E-state index contributed by atoms with van der Waals surface area (Å²) in [6.07, 6.45) is 1.17. The molecular formula is C16H20N2O3S2. The Bertz CT molecular complexity index is 758. The molecule has 0 N–H and O–H groups in total. The molecule has 1 aromatic rings. The first-order chi connectivity index (χ1) is 10.9. The minimum absolute atomic E-state index is 0.0483. The van der Waals surface area contributed by atoms with Gasteiger partial charge in [0.2, 0.25) is 5.91 Å². The van der Waals surface area contributed by atoms with Gasteiger partial charge >= 0.3 is 0 Å². The first-order valence-corrected chi connectivity index (χ1v) is 10.4. The zero-order valence-corrected chi connectivity index (χ0v) is 14.9. The molecule has 2 saturated heterocycles. The van der Waals surface area contributed by atoms with Gasteiger partial charge in [-0.1, -0.05) is 36.9 Å². The Morgan fingerprint density at radius 1 is 1.35 bits per heavy atom. The summed E-state index contributed by atoms with van der Waals surface area (Å²) < 4.78 is 24.0. The van der Waals surface area contributed by atoms with Gasteiger partial charge in [-0.15, -0.1) is 0 Å². The number of anilines is 1. The highest BCUT2D eigenvalue weighted by molar-refractivity contribution is 8.16. The molecule has 7 heteroatoms. The zero-order chi connectivity index (χ0) is 16.6. The number of rotatable bonds is 3. The molecule has 5 nitrogen and oxygen atoms in total. The van der Waals surface area contributed by atoms with E-state index in [-0.39, 0.29) is 28.7 Å². The van der Waals surface area contributed by atoms with Crippen molar-refractivity contribution >= 4 is 38.4 Å². The van der Waals surface area contributed by atoms with Crippen molar-refractivity contribution in [2.45, 2.75) is 38.0 Å². The Labute approximate surface area is 141 Å². The number of hydrogen-bond donors (Lipinski definition) is 0. The van der Waals surface area contributed by atoms with Gasteiger partial charge in [0.15, 0.2) is 15.0 Å². The van der Waals surface area contributed by atoms with Crippen LogP contribution in [0, 0.1) is 6.92 Å². The monoisotopic (exact) mass is 352 g/mol. The fourth-order valence-corrected chi connectivity index (χ4v) is 6.98. The van der Waals surface area contributed by atoms with E-state index in [0.717, 1.165) is 17.7 Å². The van der Waals surface area contributed by atoms with E-state index >= 15 is 0 Å². The van der Waals surface area contributed by atoms with Crippen molar-refractivity contribution in [2.75, 3.05) is 16.4 Å². The summed E-state index contributed by atoms with van der Waals surface area (Å²) >= 11 is 1.43. The first-order valence-electron chi connectivity index (χ1n) is 7.75. The fourth-order valence-electron chi connectivity index (χ4n) is 3.06. The quantitative estimate of drug-likeness (QED) is 0.836. The molecule has 2 unspecified atom stereocenters. The van der Waals surface area contributed by atoms with Gasteiger partial charge in [0, 0.05) is 17.4 Å². The van der Waals surface area contributed by atoms with Crippen LogP contribution in [0.1, 0.15) is 25.3 Å². The minimum atomic E-state index is -3.02. The lowest BCUT2D eigenvalue weighted by Gasteiger charge is -2.26. The molecule has 0 aromatic heterocycles. The van der Waals surface area contributed by atoms with Crippen LogP contribution in [0.5, 0.6) is 0 Å². The minimum Gasteiger partial charge on any atom is -0.315 e. The van der Waals surface area contributed by atoms with Gasteiger partial charge < -0.3 is 4.90 Å². The molecule has 2 heterocycles. The Kier molecular flexibility index (Phi) is 4.51. The average Bonchev–Trinajstić information content (AvgIpc) is 2.91. The van der Waals surface area contributed by atoms with Gasteiger partial charge in [0.1, 0.15) is 0 Å². The summed E-state index contributed by atoms with van der Waals surface area (Å²) in [7, 11) is -3.02. The molecule has 3 rings (SSSR count). The predicted octanol–water partition coefficient (Wildman–Crippen LogP) is 2.40. The van der Waals surface area contributed by atoms with Crippen molar-refractivity contribution in [3.05, 3.63) is 29.8 Å². The molecule has 0 radical (unpaired) electrons. The summed E-state index contributed by atoms with van der Waals surface area (Å²) in [6, 6.07) is 7.68. The standard InChI is InChI=1S/C16H20N2O3S2/c1-3-6-15(19)17-16-18(12-8-5-4-7-11(12)2)13-9-23(20,21)10-14(13)22-16/h4-5,7-8,13-14H,3,6,9-10H2,1-2H3. The number of thioether (sulfide) groups is 1. The van der Waals surface area contributed by atoms with E-state index < -0.39 is 9.84 Å². The highest BCUT2D eigenvalue weighted by Crippen LogP contribution is 2.41. The van der Waals surface area contributed by atoms with E-state index in [4.69, 9.17) is 0 Å².